The molecule has 4 rings (SSSR count). The summed E-state index contributed by atoms with van der Waals surface area (Å²) in [6, 6.07) is 1.70. The molecule has 3 fully saturated rings. The first kappa shape index (κ1) is 19.8. The molecule has 0 aromatic carbocycles. The second-order valence-electron chi connectivity index (χ2n) is 6.89. The summed E-state index contributed by atoms with van der Waals surface area (Å²) < 4.78 is 5.29. The Bertz CT molecular complexity index is 833. The molecule has 1 aromatic heterocycles. The Kier molecular flexibility index (Phi) is 6.07. The highest BCUT2D eigenvalue weighted by molar-refractivity contribution is 8.18. The Labute approximate surface area is 172 Å². The van der Waals surface area contributed by atoms with Crippen LogP contribution in [0.4, 0.5) is 10.7 Å². The molecule has 154 valence electrons. The van der Waals surface area contributed by atoms with Crippen molar-refractivity contribution < 1.29 is 19.1 Å². The fourth-order valence-electron chi connectivity index (χ4n) is 3.36. The molecule has 3 amide bonds. The van der Waals surface area contributed by atoms with E-state index in [1.807, 2.05) is 4.90 Å². The zero-order valence-corrected chi connectivity index (χ0v) is 16.7. The number of nitrogens with one attached hydrogen (secondary N) is 1. The van der Waals surface area contributed by atoms with Crippen molar-refractivity contribution in [2.24, 2.45) is 0 Å². The molecule has 10 nitrogen and oxygen atoms in total. The number of hydrogen-bond donors (Lipinski definition) is 1. The van der Waals surface area contributed by atoms with E-state index in [0.29, 0.717) is 62.5 Å². The second-order valence-corrected chi connectivity index (χ2v) is 7.90. The number of aromatic nitrogens is 2. The molecule has 0 unspecified atom stereocenters. The van der Waals surface area contributed by atoms with Crippen molar-refractivity contribution in [3.8, 4) is 0 Å². The summed E-state index contributed by atoms with van der Waals surface area (Å²) in [5.41, 5.74) is 0.576. The maximum atomic E-state index is 12.4. The number of amides is 3. The molecule has 0 atom stereocenters. The lowest BCUT2D eigenvalue weighted by atomic mass is 10.3. The molecule has 11 heteroatoms. The normalized spacial score (nSPS) is 22.3. The van der Waals surface area contributed by atoms with Crippen LogP contribution in [0.5, 0.6) is 0 Å². The number of nitrogens with zero attached hydrogens (tertiary/aromatic N) is 5. The molecular weight excluding hydrogens is 396 g/mol. The highest BCUT2D eigenvalue weighted by Gasteiger charge is 2.26. The largest absolute Gasteiger partial charge is 0.378 e. The summed E-state index contributed by atoms with van der Waals surface area (Å²) in [5.74, 6) is 0.320. The number of carbonyl (C=O) groups excluding carboxylic acids is 3. The molecule has 0 radical (unpaired) electrons. The first-order valence-electron chi connectivity index (χ1n) is 9.49. The maximum Gasteiger partial charge on any atom is 0.290 e. The summed E-state index contributed by atoms with van der Waals surface area (Å²) in [5, 5.41) is 1.85. The van der Waals surface area contributed by atoms with Gasteiger partial charge >= 0.3 is 0 Å². The minimum absolute atomic E-state index is 0.147. The summed E-state index contributed by atoms with van der Waals surface area (Å²) in [6.07, 6.45) is 3.23. The van der Waals surface area contributed by atoms with Gasteiger partial charge in [-0.15, -0.1) is 0 Å². The molecule has 1 aromatic rings. The molecule has 3 aliphatic rings. The van der Waals surface area contributed by atoms with Crippen molar-refractivity contribution in [1.82, 2.24) is 25.1 Å². The predicted molar refractivity (Wildman–Crippen MR) is 107 cm³/mol. The van der Waals surface area contributed by atoms with Gasteiger partial charge in [-0.05, 0) is 23.9 Å². The Morgan fingerprint density at radius 2 is 1.93 bits per heavy atom. The first-order chi connectivity index (χ1) is 14.1. The lowest BCUT2D eigenvalue weighted by Crippen LogP contribution is -2.51. The minimum Gasteiger partial charge on any atom is -0.378 e. The maximum absolute atomic E-state index is 12.4. The first-order valence-corrected chi connectivity index (χ1v) is 10.3. The second kappa shape index (κ2) is 8.89. The highest BCUT2D eigenvalue weighted by atomic mass is 32.2. The Morgan fingerprint density at radius 3 is 2.62 bits per heavy atom. The molecule has 1 N–H and O–H groups in total. The molecule has 3 aliphatic heterocycles. The molecule has 0 saturated carbocycles. The van der Waals surface area contributed by atoms with E-state index in [9.17, 15) is 14.4 Å². The Balaban J connectivity index is 1.33. The van der Waals surface area contributed by atoms with Crippen molar-refractivity contribution in [3.63, 3.8) is 0 Å². The van der Waals surface area contributed by atoms with Gasteiger partial charge in [-0.3, -0.25) is 24.6 Å². The number of morpholine rings is 1. The standard InChI is InChI=1S/C18H22N6O4S/c25-15(23-7-9-28-10-8-23)12-22-3-5-24(6-4-22)17-19-2-1-13(20-17)11-14-16(26)21-18(27)29-14/h1-2,11H,3-10,12H2,(H,21,26,27)/b14-11-. The number of hydrogen-bond acceptors (Lipinski definition) is 9. The molecule has 4 heterocycles. The van der Waals surface area contributed by atoms with Crippen LogP contribution >= 0.6 is 11.8 Å². The van der Waals surface area contributed by atoms with Gasteiger partial charge in [-0.2, -0.15) is 0 Å². The fourth-order valence-corrected chi connectivity index (χ4v) is 4.03. The van der Waals surface area contributed by atoms with Crippen LogP contribution in [0, 0.1) is 0 Å². The van der Waals surface area contributed by atoms with Crippen molar-refractivity contribution in [2.45, 2.75) is 0 Å². The number of anilines is 1. The number of rotatable bonds is 4. The number of ether oxygens (including phenoxy) is 1. The van der Waals surface area contributed by atoms with Gasteiger partial charge < -0.3 is 14.5 Å². The highest BCUT2D eigenvalue weighted by Crippen LogP contribution is 2.25. The molecule has 0 spiro atoms. The van der Waals surface area contributed by atoms with Gasteiger partial charge in [0.2, 0.25) is 11.9 Å². The van der Waals surface area contributed by atoms with E-state index in [1.165, 1.54) is 0 Å². The summed E-state index contributed by atoms with van der Waals surface area (Å²) in [7, 11) is 0. The average Bonchev–Trinajstić information content (AvgIpc) is 3.06. The molecule has 0 bridgehead atoms. The van der Waals surface area contributed by atoms with Gasteiger partial charge in [0, 0.05) is 45.5 Å². The van der Waals surface area contributed by atoms with E-state index in [-0.39, 0.29) is 11.1 Å². The molecule has 0 aliphatic carbocycles. The van der Waals surface area contributed by atoms with Crippen molar-refractivity contribution in [2.75, 3.05) is 63.9 Å². The van der Waals surface area contributed by atoms with Gasteiger partial charge in [0.25, 0.3) is 11.1 Å². The Hall–Kier alpha value is -2.50. The van der Waals surface area contributed by atoms with E-state index in [2.05, 4.69) is 25.1 Å². The quantitative estimate of drug-likeness (QED) is 0.664. The number of thioether (sulfide) groups is 1. The van der Waals surface area contributed by atoms with Crippen LogP contribution in [0.2, 0.25) is 0 Å². The summed E-state index contributed by atoms with van der Waals surface area (Å²) >= 11 is 0.865. The van der Waals surface area contributed by atoms with Crippen LogP contribution < -0.4 is 10.2 Å². The van der Waals surface area contributed by atoms with Gasteiger partial charge in [0.15, 0.2) is 0 Å². The number of piperazine rings is 1. The van der Waals surface area contributed by atoms with E-state index < -0.39 is 5.91 Å². The van der Waals surface area contributed by atoms with Crippen molar-refractivity contribution in [1.29, 1.82) is 0 Å². The molecular formula is C18H22N6O4S. The van der Waals surface area contributed by atoms with Crippen LogP contribution in [0.15, 0.2) is 17.2 Å². The van der Waals surface area contributed by atoms with Crippen LogP contribution in [0.25, 0.3) is 6.08 Å². The number of carbonyl (C=O) groups is 3. The third-order valence-electron chi connectivity index (χ3n) is 4.96. The summed E-state index contributed by atoms with van der Waals surface area (Å²) in [4.78, 5) is 50.6. The zero-order valence-electron chi connectivity index (χ0n) is 15.9. The van der Waals surface area contributed by atoms with Gasteiger partial charge in [-0.1, -0.05) is 0 Å². The minimum atomic E-state index is -0.404. The molecule has 3 saturated heterocycles. The van der Waals surface area contributed by atoms with E-state index >= 15 is 0 Å². The van der Waals surface area contributed by atoms with E-state index in [4.69, 9.17) is 4.74 Å². The average molecular weight is 418 g/mol. The third-order valence-corrected chi connectivity index (χ3v) is 5.77. The van der Waals surface area contributed by atoms with Crippen LogP contribution in [-0.2, 0) is 14.3 Å². The van der Waals surface area contributed by atoms with Crippen LogP contribution in [0.1, 0.15) is 5.69 Å². The van der Waals surface area contributed by atoms with Gasteiger partial charge in [0.1, 0.15) is 0 Å². The predicted octanol–water partition coefficient (Wildman–Crippen LogP) is -0.219. The van der Waals surface area contributed by atoms with Crippen LogP contribution in [-0.4, -0.2) is 95.8 Å². The van der Waals surface area contributed by atoms with E-state index in [1.54, 1.807) is 18.3 Å². The van der Waals surface area contributed by atoms with Gasteiger partial charge in [0.05, 0.1) is 30.4 Å². The Morgan fingerprint density at radius 1 is 1.17 bits per heavy atom. The monoisotopic (exact) mass is 418 g/mol. The van der Waals surface area contributed by atoms with Crippen molar-refractivity contribution in [3.05, 3.63) is 22.9 Å². The topological polar surface area (TPSA) is 108 Å². The third kappa shape index (κ3) is 4.92. The van der Waals surface area contributed by atoms with E-state index in [0.717, 1.165) is 24.9 Å². The molecule has 29 heavy (non-hydrogen) atoms. The SMILES string of the molecule is O=C1NC(=O)/C(=C/c2ccnc(N3CCN(CC(=O)N4CCOCC4)CC3)n2)S1. The van der Waals surface area contributed by atoms with Gasteiger partial charge in [-0.25, -0.2) is 9.97 Å². The fraction of sp³-hybridized carbons (Fsp3) is 0.500. The van der Waals surface area contributed by atoms with Crippen LogP contribution in [0.3, 0.4) is 0 Å². The smallest absolute Gasteiger partial charge is 0.290 e. The zero-order chi connectivity index (χ0) is 20.2. The lowest BCUT2D eigenvalue weighted by molar-refractivity contribution is -0.136. The van der Waals surface area contributed by atoms with Crippen molar-refractivity contribution >= 4 is 40.8 Å². The lowest BCUT2D eigenvalue weighted by Gasteiger charge is -2.36. The number of imide groups is 1. The summed E-state index contributed by atoms with van der Waals surface area (Å²) in [6.45, 7) is 5.88.